The molecule has 9 heteroatoms. The molecule has 0 aliphatic carbocycles. The molecule has 0 bridgehead atoms. The van der Waals surface area contributed by atoms with Gasteiger partial charge < -0.3 is 14.6 Å². The topological polar surface area (TPSA) is 86.9 Å². The summed E-state index contributed by atoms with van der Waals surface area (Å²) < 4.78 is 5.43. The number of hydrogen-bond acceptors (Lipinski definition) is 3. The van der Waals surface area contributed by atoms with Crippen molar-refractivity contribution in [2.45, 2.75) is 6.92 Å². The van der Waals surface area contributed by atoms with Gasteiger partial charge in [0.2, 0.25) is 5.96 Å². The molecule has 1 aromatic heterocycles. The molecule has 2 N–H and O–H groups in total. The van der Waals surface area contributed by atoms with E-state index in [0.29, 0.717) is 22.2 Å². The molecule has 3 amide bonds. The van der Waals surface area contributed by atoms with Crippen molar-refractivity contribution in [3.8, 4) is 0 Å². The maximum absolute atomic E-state index is 12.1. The maximum Gasteiger partial charge on any atom is 0.348 e. The number of guanidine groups is 1. The molecule has 2 heterocycles. The van der Waals surface area contributed by atoms with Crippen molar-refractivity contribution in [3.63, 3.8) is 0 Å². The monoisotopic (exact) mass is 392 g/mol. The summed E-state index contributed by atoms with van der Waals surface area (Å²) in [6.07, 6.45) is 1.57. The molecule has 0 saturated carbocycles. The smallest absolute Gasteiger partial charge is 0.348 e. The Morgan fingerprint density at radius 2 is 2.08 bits per heavy atom. The van der Waals surface area contributed by atoms with Gasteiger partial charge in [0.25, 0.3) is 5.91 Å². The quantitative estimate of drug-likeness (QED) is 0.758. The molecule has 2 aromatic rings. The Hall–Kier alpha value is -2.77. The van der Waals surface area contributed by atoms with Gasteiger partial charge in [-0.05, 0) is 37.3 Å². The number of nitrogens with one attached hydrogen (secondary N) is 2. The molecule has 0 atom stereocenters. The maximum atomic E-state index is 12.1. The van der Waals surface area contributed by atoms with Crippen LogP contribution in [0.3, 0.4) is 0 Å². The lowest BCUT2D eigenvalue weighted by molar-refractivity contribution is -0.115. The van der Waals surface area contributed by atoms with E-state index in [9.17, 15) is 9.59 Å². The van der Waals surface area contributed by atoms with Crippen LogP contribution in [0.5, 0.6) is 0 Å². The van der Waals surface area contributed by atoms with E-state index < -0.39 is 11.9 Å². The number of benzene rings is 1. The molecular formula is C17H14Cl2N4O3. The number of aliphatic imine (C=N–C) groups is 1. The molecule has 1 saturated heterocycles. The predicted molar refractivity (Wildman–Crippen MR) is 100 cm³/mol. The Bertz CT molecular complexity index is 949. The van der Waals surface area contributed by atoms with Crippen LogP contribution in [-0.4, -0.2) is 29.8 Å². The number of likely N-dealkylation sites (N-methyl/N-ethyl adjacent to an activating group) is 1. The molecule has 0 spiro atoms. The number of aryl methyl sites for hydroxylation is 1. The Morgan fingerprint density at radius 3 is 2.73 bits per heavy atom. The Balaban J connectivity index is 1.77. The van der Waals surface area contributed by atoms with Gasteiger partial charge in [-0.2, -0.15) is 4.99 Å². The van der Waals surface area contributed by atoms with E-state index in [2.05, 4.69) is 15.6 Å². The average molecular weight is 393 g/mol. The minimum Gasteiger partial charge on any atom is -0.462 e. The molecule has 26 heavy (non-hydrogen) atoms. The standard InChI is InChI=1S/C17H14Cl2N4O3/c1-9-3-5-11(26-9)8-14-15(24)21-16(23(14)2)22-17(25)20-13-6-4-10(18)7-12(13)19/h3-8H,1-2H3,(H2,20,21,22,24,25)/b14-8-. The lowest BCUT2D eigenvalue weighted by Crippen LogP contribution is -2.29. The van der Waals surface area contributed by atoms with Gasteiger partial charge in [0.05, 0.1) is 10.7 Å². The van der Waals surface area contributed by atoms with Crippen molar-refractivity contribution in [3.05, 3.63) is 57.6 Å². The summed E-state index contributed by atoms with van der Waals surface area (Å²) in [6.45, 7) is 1.81. The van der Waals surface area contributed by atoms with E-state index in [1.165, 1.54) is 11.0 Å². The fraction of sp³-hybridized carbons (Fsp3) is 0.118. The van der Waals surface area contributed by atoms with Gasteiger partial charge in [0, 0.05) is 18.1 Å². The number of halogens is 2. The fourth-order valence-corrected chi connectivity index (χ4v) is 2.73. The Kier molecular flexibility index (Phi) is 5.01. The average Bonchev–Trinajstić information content (AvgIpc) is 3.09. The summed E-state index contributed by atoms with van der Waals surface area (Å²) in [4.78, 5) is 29.6. The molecular weight excluding hydrogens is 379 g/mol. The van der Waals surface area contributed by atoms with Gasteiger partial charge in [-0.15, -0.1) is 0 Å². The number of furan rings is 1. The van der Waals surface area contributed by atoms with Crippen LogP contribution in [0, 0.1) is 6.92 Å². The first kappa shape index (κ1) is 18.0. The van der Waals surface area contributed by atoms with E-state index in [0.717, 1.165) is 5.76 Å². The second kappa shape index (κ2) is 7.23. The normalized spacial score (nSPS) is 17.1. The largest absolute Gasteiger partial charge is 0.462 e. The zero-order valence-electron chi connectivity index (χ0n) is 13.8. The number of carbonyl (C=O) groups is 2. The molecule has 134 valence electrons. The first-order valence-corrected chi connectivity index (χ1v) is 8.27. The van der Waals surface area contributed by atoms with Crippen LogP contribution in [0.15, 0.2) is 45.4 Å². The molecule has 0 radical (unpaired) electrons. The number of anilines is 1. The van der Waals surface area contributed by atoms with Crippen LogP contribution in [0.4, 0.5) is 10.5 Å². The van der Waals surface area contributed by atoms with Gasteiger partial charge in [-0.3, -0.25) is 10.1 Å². The summed E-state index contributed by atoms with van der Waals surface area (Å²) >= 11 is 11.8. The van der Waals surface area contributed by atoms with Gasteiger partial charge >= 0.3 is 6.03 Å². The highest BCUT2D eigenvalue weighted by Crippen LogP contribution is 2.25. The van der Waals surface area contributed by atoms with Crippen LogP contribution in [0.25, 0.3) is 6.08 Å². The summed E-state index contributed by atoms with van der Waals surface area (Å²) in [5.74, 6) is 0.953. The Labute approximate surface area is 159 Å². The van der Waals surface area contributed by atoms with E-state index >= 15 is 0 Å². The van der Waals surface area contributed by atoms with E-state index in [1.807, 2.05) is 0 Å². The molecule has 0 unspecified atom stereocenters. The zero-order valence-corrected chi connectivity index (χ0v) is 15.4. The summed E-state index contributed by atoms with van der Waals surface area (Å²) in [5.41, 5.74) is 0.662. The predicted octanol–water partition coefficient (Wildman–Crippen LogP) is 3.89. The van der Waals surface area contributed by atoms with Crippen molar-refractivity contribution in [1.29, 1.82) is 0 Å². The molecule has 1 aromatic carbocycles. The van der Waals surface area contributed by atoms with Gasteiger partial charge in [-0.25, -0.2) is 4.79 Å². The fourth-order valence-electron chi connectivity index (χ4n) is 2.28. The van der Waals surface area contributed by atoms with Crippen molar-refractivity contribution in [1.82, 2.24) is 10.2 Å². The molecule has 1 aliphatic heterocycles. The molecule has 7 nitrogen and oxygen atoms in total. The van der Waals surface area contributed by atoms with Crippen molar-refractivity contribution >= 4 is 52.9 Å². The summed E-state index contributed by atoms with van der Waals surface area (Å²) in [5, 5.41) is 5.80. The second-order valence-electron chi connectivity index (χ2n) is 5.48. The Morgan fingerprint density at radius 1 is 1.31 bits per heavy atom. The van der Waals surface area contributed by atoms with Crippen LogP contribution >= 0.6 is 23.2 Å². The first-order valence-electron chi connectivity index (χ1n) is 7.51. The third-order valence-corrected chi connectivity index (χ3v) is 4.11. The van der Waals surface area contributed by atoms with Crippen molar-refractivity contribution < 1.29 is 14.0 Å². The first-order chi connectivity index (χ1) is 12.3. The van der Waals surface area contributed by atoms with Crippen molar-refractivity contribution in [2.24, 2.45) is 4.99 Å². The molecule has 1 fully saturated rings. The lowest BCUT2D eigenvalue weighted by atomic mass is 10.3. The summed E-state index contributed by atoms with van der Waals surface area (Å²) in [6, 6.07) is 7.50. The molecule has 3 rings (SSSR count). The SMILES string of the molecule is Cc1ccc(/C=C2/C(=O)N/C(=N\C(=O)Nc3ccc(Cl)cc3Cl)N2C)o1. The van der Waals surface area contributed by atoms with Crippen LogP contribution in [0.2, 0.25) is 10.0 Å². The third kappa shape index (κ3) is 3.89. The number of amides is 3. The van der Waals surface area contributed by atoms with E-state index in [4.69, 9.17) is 27.6 Å². The number of hydrogen-bond donors (Lipinski definition) is 2. The number of nitrogens with zero attached hydrogens (tertiary/aromatic N) is 2. The highest BCUT2D eigenvalue weighted by atomic mass is 35.5. The second-order valence-corrected chi connectivity index (χ2v) is 6.32. The molecule has 1 aliphatic rings. The van der Waals surface area contributed by atoms with Crippen molar-refractivity contribution in [2.75, 3.05) is 12.4 Å². The third-order valence-electron chi connectivity index (χ3n) is 3.56. The van der Waals surface area contributed by atoms with E-state index in [1.54, 1.807) is 44.3 Å². The van der Waals surface area contributed by atoms with Gasteiger partial charge in [0.1, 0.15) is 17.2 Å². The highest BCUT2D eigenvalue weighted by molar-refractivity contribution is 6.36. The van der Waals surface area contributed by atoms with E-state index in [-0.39, 0.29) is 11.0 Å². The van der Waals surface area contributed by atoms with Crippen LogP contribution < -0.4 is 10.6 Å². The number of rotatable bonds is 2. The van der Waals surface area contributed by atoms with Gasteiger partial charge in [0.15, 0.2) is 0 Å². The number of carbonyl (C=O) groups excluding carboxylic acids is 2. The summed E-state index contributed by atoms with van der Waals surface area (Å²) in [7, 11) is 1.61. The van der Waals surface area contributed by atoms with Gasteiger partial charge in [-0.1, -0.05) is 23.2 Å². The zero-order chi connectivity index (χ0) is 18.8. The lowest BCUT2D eigenvalue weighted by Gasteiger charge is -2.11. The minimum absolute atomic E-state index is 0.0899. The highest BCUT2D eigenvalue weighted by Gasteiger charge is 2.29. The van der Waals surface area contributed by atoms with Crippen LogP contribution in [0.1, 0.15) is 11.5 Å². The number of urea groups is 1. The van der Waals surface area contributed by atoms with Crippen LogP contribution in [-0.2, 0) is 4.79 Å². The minimum atomic E-state index is -0.688.